The van der Waals surface area contributed by atoms with Crippen LogP contribution in [0, 0.1) is 20.8 Å². The minimum absolute atomic E-state index is 0.114. The molecule has 1 atom stereocenters. The monoisotopic (exact) mass is 517 g/mol. The lowest BCUT2D eigenvalue weighted by atomic mass is 9.94. The molecular formula is C31H43N5O2. The number of rotatable bonds is 9. The molecule has 0 spiro atoms. The first-order chi connectivity index (χ1) is 18.1. The van der Waals surface area contributed by atoms with E-state index in [1.807, 2.05) is 19.9 Å². The molecule has 7 heteroatoms. The Morgan fingerprint density at radius 2 is 1.68 bits per heavy atom. The summed E-state index contributed by atoms with van der Waals surface area (Å²) < 4.78 is 0. The number of benzene rings is 2. The molecule has 0 amide bonds. The number of pyridine rings is 1. The van der Waals surface area contributed by atoms with E-state index in [9.17, 15) is 9.90 Å². The Bertz CT molecular complexity index is 1290. The molecule has 7 nitrogen and oxygen atoms in total. The number of aliphatic hydroxyl groups is 1. The highest BCUT2D eigenvalue weighted by Crippen LogP contribution is 2.35. The average Bonchev–Trinajstić information content (AvgIpc) is 2.88. The molecule has 3 aromatic rings. The van der Waals surface area contributed by atoms with Gasteiger partial charge in [0.2, 0.25) is 0 Å². The van der Waals surface area contributed by atoms with Crippen molar-refractivity contribution in [3.63, 3.8) is 0 Å². The summed E-state index contributed by atoms with van der Waals surface area (Å²) in [5.41, 5.74) is 8.75. The predicted molar refractivity (Wildman–Crippen MR) is 157 cm³/mol. The van der Waals surface area contributed by atoms with Crippen molar-refractivity contribution in [2.75, 3.05) is 39.1 Å². The Morgan fingerprint density at radius 3 is 2.32 bits per heavy atom. The van der Waals surface area contributed by atoms with Gasteiger partial charge in [-0.25, -0.2) is 0 Å². The maximum atomic E-state index is 12.5. The van der Waals surface area contributed by atoms with Gasteiger partial charge in [-0.15, -0.1) is 0 Å². The van der Waals surface area contributed by atoms with Crippen LogP contribution in [0.1, 0.15) is 52.6 Å². The number of hydrogen-bond acceptors (Lipinski definition) is 6. The summed E-state index contributed by atoms with van der Waals surface area (Å²) in [6.45, 7) is 9.10. The van der Waals surface area contributed by atoms with Crippen molar-refractivity contribution in [1.29, 1.82) is 0 Å². The maximum absolute atomic E-state index is 12.5. The number of aromatic amines is 1. The molecule has 2 aromatic carbocycles. The number of hydrogen-bond donors (Lipinski definition) is 4. The second kappa shape index (κ2) is 12.3. The van der Waals surface area contributed by atoms with Gasteiger partial charge in [-0.1, -0.05) is 24.3 Å². The van der Waals surface area contributed by atoms with Crippen molar-refractivity contribution >= 4 is 5.69 Å². The van der Waals surface area contributed by atoms with E-state index in [2.05, 4.69) is 89.9 Å². The van der Waals surface area contributed by atoms with Crippen LogP contribution >= 0.6 is 0 Å². The van der Waals surface area contributed by atoms with Crippen molar-refractivity contribution in [3.8, 4) is 11.1 Å². The van der Waals surface area contributed by atoms with Crippen molar-refractivity contribution < 1.29 is 5.11 Å². The van der Waals surface area contributed by atoms with E-state index in [1.165, 1.54) is 5.56 Å². The molecule has 38 heavy (non-hydrogen) atoms. The first kappa shape index (κ1) is 28.0. The molecule has 4 N–H and O–H groups in total. The van der Waals surface area contributed by atoms with Gasteiger partial charge in [-0.05, 0) is 107 Å². The quantitative estimate of drug-likeness (QED) is 0.321. The van der Waals surface area contributed by atoms with Crippen LogP contribution in [-0.4, -0.2) is 55.3 Å². The third-order valence-corrected chi connectivity index (χ3v) is 7.70. The Labute approximate surface area is 226 Å². The SMILES string of the molecule is Cc1cc(C)c(CNC(O)c2cc(-c3ccc(CN(C)C)cc3)cc(N(C)C3CCNCC3)c2C)c(=O)[nH]1. The van der Waals surface area contributed by atoms with E-state index < -0.39 is 6.23 Å². The molecule has 0 aliphatic carbocycles. The summed E-state index contributed by atoms with van der Waals surface area (Å²) in [6, 6.07) is 15.4. The molecule has 1 aliphatic rings. The molecule has 1 unspecified atom stereocenters. The van der Waals surface area contributed by atoms with Gasteiger partial charge >= 0.3 is 0 Å². The lowest BCUT2D eigenvalue weighted by Gasteiger charge is -2.35. The number of aryl methyl sites for hydroxylation is 2. The smallest absolute Gasteiger partial charge is 0.252 e. The van der Waals surface area contributed by atoms with Gasteiger partial charge in [-0.3, -0.25) is 10.1 Å². The number of nitrogens with one attached hydrogen (secondary N) is 3. The molecule has 204 valence electrons. The standard InChI is InChI=1S/C31H43N5O2/c1-20-15-21(2)34-31(38)28(20)18-33-30(37)27-16-25(24-9-7-23(8-10-24)19-35(4)5)17-29(22(27)3)36(6)26-11-13-32-14-12-26/h7-10,15-17,26,30,32-33,37H,11-14,18-19H2,1-6H3,(H,34,38). The zero-order valence-corrected chi connectivity index (χ0v) is 23.7. The van der Waals surface area contributed by atoms with Gasteiger partial charge in [0.1, 0.15) is 6.23 Å². The normalized spacial score (nSPS) is 15.2. The highest BCUT2D eigenvalue weighted by atomic mass is 16.3. The molecule has 4 rings (SSSR count). The number of nitrogens with zero attached hydrogens (tertiary/aromatic N) is 2. The zero-order chi connectivity index (χ0) is 27.4. The van der Waals surface area contributed by atoms with Gasteiger partial charge in [0, 0.05) is 48.7 Å². The van der Waals surface area contributed by atoms with Gasteiger partial charge in [0.25, 0.3) is 5.56 Å². The third kappa shape index (κ3) is 6.53. The lowest BCUT2D eigenvalue weighted by Crippen LogP contribution is -2.41. The van der Waals surface area contributed by atoms with Crippen LogP contribution in [0.4, 0.5) is 5.69 Å². The van der Waals surface area contributed by atoms with E-state index >= 15 is 0 Å². The highest BCUT2D eigenvalue weighted by molar-refractivity contribution is 5.73. The van der Waals surface area contributed by atoms with E-state index in [4.69, 9.17) is 0 Å². The second-order valence-corrected chi connectivity index (χ2v) is 11.0. The summed E-state index contributed by atoms with van der Waals surface area (Å²) >= 11 is 0. The van der Waals surface area contributed by atoms with E-state index in [1.54, 1.807) is 0 Å². The van der Waals surface area contributed by atoms with E-state index in [0.717, 1.165) is 71.7 Å². The van der Waals surface area contributed by atoms with Gasteiger partial charge in [0.05, 0.1) is 0 Å². The molecule has 1 aliphatic heterocycles. The van der Waals surface area contributed by atoms with Crippen LogP contribution in [0.25, 0.3) is 11.1 Å². The third-order valence-electron chi connectivity index (χ3n) is 7.70. The summed E-state index contributed by atoms with van der Waals surface area (Å²) in [5, 5.41) is 18.0. The Morgan fingerprint density at radius 1 is 1.00 bits per heavy atom. The minimum Gasteiger partial charge on any atom is -0.374 e. The number of aliphatic hydroxyl groups excluding tert-OH is 1. The molecule has 1 saturated heterocycles. The summed E-state index contributed by atoms with van der Waals surface area (Å²) in [4.78, 5) is 19.9. The topological polar surface area (TPSA) is 83.6 Å². The molecule has 0 radical (unpaired) electrons. The fraction of sp³-hybridized carbons (Fsp3) is 0.452. The van der Waals surface area contributed by atoms with Crippen LogP contribution in [0.2, 0.25) is 0 Å². The van der Waals surface area contributed by atoms with E-state index in [0.29, 0.717) is 11.6 Å². The van der Waals surface area contributed by atoms with Gasteiger partial charge < -0.3 is 25.2 Å². The number of anilines is 1. The summed E-state index contributed by atoms with van der Waals surface area (Å²) in [5.74, 6) is 0. The molecule has 2 heterocycles. The largest absolute Gasteiger partial charge is 0.374 e. The first-order valence-corrected chi connectivity index (χ1v) is 13.6. The highest BCUT2D eigenvalue weighted by Gasteiger charge is 2.23. The van der Waals surface area contributed by atoms with Crippen LogP contribution in [-0.2, 0) is 13.1 Å². The molecule has 0 saturated carbocycles. The molecule has 1 aromatic heterocycles. The lowest BCUT2D eigenvalue weighted by molar-refractivity contribution is 0.136. The summed E-state index contributed by atoms with van der Waals surface area (Å²) in [6.07, 6.45) is 1.26. The van der Waals surface area contributed by atoms with Crippen molar-refractivity contribution in [2.45, 2.75) is 59.0 Å². The summed E-state index contributed by atoms with van der Waals surface area (Å²) in [7, 11) is 6.31. The molecule has 0 bridgehead atoms. The zero-order valence-electron chi connectivity index (χ0n) is 23.7. The molecule has 1 fully saturated rings. The predicted octanol–water partition coefficient (Wildman–Crippen LogP) is 4.00. The number of piperidine rings is 1. The Hall–Kier alpha value is -2.97. The number of H-pyrrole nitrogens is 1. The first-order valence-electron chi connectivity index (χ1n) is 13.6. The number of aromatic nitrogens is 1. The van der Waals surface area contributed by atoms with Gasteiger partial charge in [-0.2, -0.15) is 0 Å². The molecular weight excluding hydrogens is 474 g/mol. The van der Waals surface area contributed by atoms with Crippen LogP contribution in [0.5, 0.6) is 0 Å². The van der Waals surface area contributed by atoms with Crippen LogP contribution in [0.3, 0.4) is 0 Å². The second-order valence-electron chi connectivity index (χ2n) is 11.0. The van der Waals surface area contributed by atoms with Crippen LogP contribution < -0.4 is 21.1 Å². The Balaban J connectivity index is 1.69. The fourth-order valence-corrected chi connectivity index (χ4v) is 5.51. The van der Waals surface area contributed by atoms with Crippen molar-refractivity contribution in [3.05, 3.63) is 86.3 Å². The van der Waals surface area contributed by atoms with Crippen molar-refractivity contribution in [2.24, 2.45) is 0 Å². The minimum atomic E-state index is -0.914. The fourth-order valence-electron chi connectivity index (χ4n) is 5.51. The average molecular weight is 518 g/mol. The Kier molecular flexibility index (Phi) is 9.05. The van der Waals surface area contributed by atoms with Gasteiger partial charge in [0.15, 0.2) is 0 Å². The van der Waals surface area contributed by atoms with Crippen molar-refractivity contribution in [1.82, 2.24) is 20.5 Å². The van der Waals surface area contributed by atoms with Crippen LogP contribution in [0.15, 0.2) is 47.3 Å². The maximum Gasteiger partial charge on any atom is 0.252 e. The van der Waals surface area contributed by atoms with E-state index in [-0.39, 0.29) is 12.1 Å².